The monoisotopic (exact) mass is 412 g/mol. The summed E-state index contributed by atoms with van der Waals surface area (Å²) in [6, 6.07) is 20.4. The number of nitrogens with one attached hydrogen (secondary N) is 1. The summed E-state index contributed by atoms with van der Waals surface area (Å²) in [5.74, 6) is -1.66. The summed E-state index contributed by atoms with van der Waals surface area (Å²) in [6.07, 6.45) is 0. The number of ether oxygens (including phenoxy) is 1. The molecule has 0 fully saturated rings. The van der Waals surface area contributed by atoms with Crippen LogP contribution in [0.2, 0.25) is 0 Å². The fourth-order valence-electron chi connectivity index (χ4n) is 3.07. The Morgan fingerprint density at radius 1 is 0.903 bits per heavy atom. The Balaban J connectivity index is 1.74. The average Bonchev–Trinajstić information content (AvgIpc) is 2.79. The van der Waals surface area contributed by atoms with Crippen LogP contribution in [0.25, 0.3) is 0 Å². The summed E-state index contributed by atoms with van der Waals surface area (Å²) in [5, 5.41) is 11.6. The van der Waals surface area contributed by atoms with Gasteiger partial charge < -0.3 is 10.1 Å². The fourth-order valence-corrected chi connectivity index (χ4v) is 3.07. The lowest BCUT2D eigenvalue weighted by Gasteiger charge is -2.11. The third-order valence-corrected chi connectivity index (χ3v) is 4.69. The van der Waals surface area contributed by atoms with E-state index in [2.05, 4.69) is 5.32 Å². The zero-order valence-electron chi connectivity index (χ0n) is 17.1. The molecule has 0 saturated carbocycles. The average molecular weight is 412 g/mol. The zero-order valence-corrected chi connectivity index (χ0v) is 17.1. The summed E-state index contributed by atoms with van der Waals surface area (Å²) in [6.45, 7) is 3.17. The number of amides is 1. The van der Waals surface area contributed by atoms with Crippen molar-refractivity contribution in [3.63, 3.8) is 0 Å². The number of ketones is 1. The number of aryl methyl sites for hydroxylation is 2. The normalized spacial score (nSPS) is 10.1. The Labute approximate surface area is 180 Å². The SMILES string of the molecule is Cc1ccc(C)c(C(=O)c2ccccc2C(=O)OCC(=O)Nc2ccccc2C#N)c1. The van der Waals surface area contributed by atoms with Gasteiger partial charge in [0.15, 0.2) is 12.4 Å². The van der Waals surface area contributed by atoms with Crippen LogP contribution in [-0.4, -0.2) is 24.3 Å². The smallest absolute Gasteiger partial charge is 0.339 e. The molecule has 3 rings (SSSR count). The Morgan fingerprint density at radius 3 is 2.32 bits per heavy atom. The fraction of sp³-hybridized carbons (Fsp3) is 0.120. The lowest BCUT2D eigenvalue weighted by molar-refractivity contribution is -0.119. The molecule has 0 saturated heterocycles. The second kappa shape index (κ2) is 9.51. The van der Waals surface area contributed by atoms with E-state index in [4.69, 9.17) is 10.00 Å². The summed E-state index contributed by atoms with van der Waals surface area (Å²) in [4.78, 5) is 37.9. The maximum atomic E-state index is 13.1. The maximum absolute atomic E-state index is 13.1. The highest BCUT2D eigenvalue weighted by Crippen LogP contribution is 2.20. The van der Waals surface area contributed by atoms with Crippen molar-refractivity contribution >= 4 is 23.3 Å². The van der Waals surface area contributed by atoms with E-state index < -0.39 is 18.5 Å². The molecule has 154 valence electrons. The Kier molecular flexibility index (Phi) is 6.58. The van der Waals surface area contributed by atoms with Gasteiger partial charge >= 0.3 is 5.97 Å². The van der Waals surface area contributed by atoms with E-state index in [1.165, 1.54) is 6.07 Å². The van der Waals surface area contributed by atoms with Crippen molar-refractivity contribution in [2.45, 2.75) is 13.8 Å². The molecule has 31 heavy (non-hydrogen) atoms. The van der Waals surface area contributed by atoms with Gasteiger partial charge in [-0.25, -0.2) is 4.79 Å². The van der Waals surface area contributed by atoms with Gasteiger partial charge in [-0.05, 0) is 43.7 Å². The van der Waals surface area contributed by atoms with E-state index in [-0.39, 0.29) is 16.9 Å². The summed E-state index contributed by atoms with van der Waals surface area (Å²) < 4.78 is 5.13. The van der Waals surface area contributed by atoms with Crippen LogP contribution >= 0.6 is 0 Å². The van der Waals surface area contributed by atoms with Crippen LogP contribution in [0.5, 0.6) is 0 Å². The molecule has 0 heterocycles. The molecule has 0 atom stereocenters. The van der Waals surface area contributed by atoms with Gasteiger partial charge in [0.25, 0.3) is 5.91 Å². The first-order valence-electron chi connectivity index (χ1n) is 9.58. The number of hydrogen-bond acceptors (Lipinski definition) is 5. The summed E-state index contributed by atoms with van der Waals surface area (Å²) in [5.41, 5.74) is 3.15. The van der Waals surface area contributed by atoms with Crippen LogP contribution < -0.4 is 5.32 Å². The maximum Gasteiger partial charge on any atom is 0.339 e. The minimum absolute atomic E-state index is 0.0821. The molecule has 0 bridgehead atoms. The second-order valence-corrected chi connectivity index (χ2v) is 6.97. The molecule has 1 amide bonds. The van der Waals surface area contributed by atoms with Gasteiger partial charge in [-0.15, -0.1) is 0 Å². The minimum Gasteiger partial charge on any atom is -0.452 e. The Bertz CT molecular complexity index is 1210. The van der Waals surface area contributed by atoms with E-state index in [1.54, 1.807) is 48.5 Å². The van der Waals surface area contributed by atoms with Crippen molar-refractivity contribution < 1.29 is 19.1 Å². The largest absolute Gasteiger partial charge is 0.452 e. The van der Waals surface area contributed by atoms with Crippen LogP contribution in [-0.2, 0) is 9.53 Å². The second-order valence-electron chi connectivity index (χ2n) is 6.97. The molecule has 0 unspecified atom stereocenters. The number of nitrogens with zero attached hydrogens (tertiary/aromatic N) is 1. The highest BCUT2D eigenvalue weighted by Gasteiger charge is 2.21. The Morgan fingerprint density at radius 2 is 1.58 bits per heavy atom. The van der Waals surface area contributed by atoms with Gasteiger partial charge in [-0.2, -0.15) is 5.26 Å². The number of carbonyl (C=O) groups excluding carboxylic acids is 3. The first-order chi connectivity index (χ1) is 14.9. The van der Waals surface area contributed by atoms with Gasteiger partial charge in [0.2, 0.25) is 0 Å². The number of rotatable bonds is 6. The quantitative estimate of drug-likeness (QED) is 0.483. The van der Waals surface area contributed by atoms with Crippen LogP contribution in [0.15, 0.2) is 66.7 Å². The third-order valence-electron chi connectivity index (χ3n) is 4.69. The first-order valence-corrected chi connectivity index (χ1v) is 9.58. The lowest BCUT2D eigenvalue weighted by Crippen LogP contribution is -2.22. The molecular weight excluding hydrogens is 392 g/mol. The van der Waals surface area contributed by atoms with Gasteiger partial charge in [-0.3, -0.25) is 9.59 Å². The number of carbonyl (C=O) groups is 3. The zero-order chi connectivity index (χ0) is 22.4. The number of hydrogen-bond donors (Lipinski definition) is 1. The van der Waals surface area contributed by atoms with Crippen LogP contribution in [0.4, 0.5) is 5.69 Å². The van der Waals surface area contributed by atoms with E-state index in [0.29, 0.717) is 16.8 Å². The van der Waals surface area contributed by atoms with Crippen molar-refractivity contribution in [2.75, 3.05) is 11.9 Å². The molecule has 6 nitrogen and oxygen atoms in total. The summed E-state index contributed by atoms with van der Waals surface area (Å²) >= 11 is 0. The predicted molar refractivity (Wildman–Crippen MR) is 116 cm³/mol. The molecule has 0 aliphatic rings. The lowest BCUT2D eigenvalue weighted by atomic mass is 9.94. The third kappa shape index (κ3) is 5.03. The molecule has 3 aromatic carbocycles. The molecule has 0 aliphatic heterocycles. The molecule has 0 radical (unpaired) electrons. The minimum atomic E-state index is -0.780. The van der Waals surface area contributed by atoms with E-state index in [0.717, 1.165) is 11.1 Å². The number of para-hydroxylation sites is 1. The number of nitriles is 1. The van der Waals surface area contributed by atoms with E-state index in [9.17, 15) is 14.4 Å². The highest BCUT2D eigenvalue weighted by atomic mass is 16.5. The summed E-state index contributed by atoms with van der Waals surface area (Å²) in [7, 11) is 0. The highest BCUT2D eigenvalue weighted by molar-refractivity contribution is 6.15. The predicted octanol–water partition coefficient (Wildman–Crippen LogP) is 4.20. The molecule has 0 aromatic heterocycles. The number of esters is 1. The number of benzene rings is 3. The number of anilines is 1. The topological polar surface area (TPSA) is 96.3 Å². The van der Waals surface area contributed by atoms with Crippen molar-refractivity contribution in [3.05, 3.63) is 100 Å². The van der Waals surface area contributed by atoms with Crippen LogP contribution in [0, 0.1) is 25.2 Å². The van der Waals surface area contributed by atoms with Crippen molar-refractivity contribution in [1.29, 1.82) is 5.26 Å². The van der Waals surface area contributed by atoms with Gasteiger partial charge in [0.05, 0.1) is 16.8 Å². The standard InChI is InChI=1S/C25H20N2O4/c1-16-11-12-17(2)21(13-16)24(29)19-8-4-5-9-20(19)25(30)31-15-23(28)27-22-10-6-3-7-18(22)14-26/h3-13H,15H2,1-2H3,(H,27,28). The Hall–Kier alpha value is -4.24. The van der Waals surface area contributed by atoms with E-state index >= 15 is 0 Å². The van der Waals surface area contributed by atoms with Crippen LogP contribution in [0.1, 0.15) is 43.0 Å². The van der Waals surface area contributed by atoms with Crippen molar-refractivity contribution in [2.24, 2.45) is 0 Å². The van der Waals surface area contributed by atoms with Gasteiger partial charge in [0.1, 0.15) is 6.07 Å². The molecule has 0 aliphatic carbocycles. The molecule has 0 spiro atoms. The molecule has 3 aromatic rings. The van der Waals surface area contributed by atoms with Crippen LogP contribution in [0.3, 0.4) is 0 Å². The van der Waals surface area contributed by atoms with Crippen molar-refractivity contribution in [1.82, 2.24) is 0 Å². The molecular formula is C25H20N2O4. The van der Waals surface area contributed by atoms with E-state index in [1.807, 2.05) is 32.0 Å². The molecule has 6 heteroatoms. The van der Waals surface area contributed by atoms with Gasteiger partial charge in [0, 0.05) is 11.1 Å². The van der Waals surface area contributed by atoms with Crippen molar-refractivity contribution in [3.8, 4) is 6.07 Å². The van der Waals surface area contributed by atoms with Gasteiger partial charge in [-0.1, -0.05) is 48.0 Å². The first kappa shape index (κ1) is 21.5. The molecule has 1 N–H and O–H groups in total.